The molecule has 0 amide bonds. The van der Waals surface area contributed by atoms with Gasteiger partial charge < -0.3 is 10.1 Å². The Morgan fingerprint density at radius 2 is 1.86 bits per heavy atom. The third-order valence-electron chi connectivity index (χ3n) is 4.19. The first-order valence-corrected chi connectivity index (χ1v) is 7.86. The van der Waals surface area contributed by atoms with Crippen LogP contribution >= 0.6 is 0 Å². The number of aryl methyl sites for hydroxylation is 2. The van der Waals surface area contributed by atoms with Gasteiger partial charge in [0.25, 0.3) is 0 Å². The third-order valence-corrected chi connectivity index (χ3v) is 4.19. The second kappa shape index (κ2) is 6.77. The molecular formula is C19H23NO. The predicted octanol–water partition coefficient (Wildman–Crippen LogP) is 3.90. The minimum absolute atomic E-state index is 0.371. The van der Waals surface area contributed by atoms with Gasteiger partial charge >= 0.3 is 0 Å². The van der Waals surface area contributed by atoms with Crippen molar-refractivity contribution < 1.29 is 4.74 Å². The maximum Gasteiger partial charge on any atom is 0.119 e. The zero-order valence-electron chi connectivity index (χ0n) is 12.6. The number of fused-ring (bicyclic) bond motifs is 1. The van der Waals surface area contributed by atoms with Gasteiger partial charge in [-0.25, -0.2) is 0 Å². The van der Waals surface area contributed by atoms with Crippen molar-refractivity contribution in [2.75, 3.05) is 13.2 Å². The molecule has 0 spiro atoms. The molecule has 0 bridgehead atoms. The molecule has 1 atom stereocenters. The van der Waals surface area contributed by atoms with E-state index in [2.05, 4.69) is 30.4 Å². The average Bonchev–Trinajstić information content (AvgIpc) is 3.00. The van der Waals surface area contributed by atoms with Crippen molar-refractivity contribution in [2.24, 2.45) is 0 Å². The minimum atomic E-state index is 0.371. The van der Waals surface area contributed by atoms with E-state index < -0.39 is 0 Å². The van der Waals surface area contributed by atoms with Gasteiger partial charge in [0.05, 0.1) is 0 Å². The summed E-state index contributed by atoms with van der Waals surface area (Å²) in [6, 6.07) is 17.3. The molecular weight excluding hydrogens is 258 g/mol. The lowest BCUT2D eigenvalue weighted by molar-refractivity contribution is 0.307. The van der Waals surface area contributed by atoms with Crippen LogP contribution in [0.5, 0.6) is 5.75 Å². The molecule has 0 saturated heterocycles. The molecule has 2 heteroatoms. The third kappa shape index (κ3) is 3.64. The fourth-order valence-corrected chi connectivity index (χ4v) is 2.94. The first kappa shape index (κ1) is 14.2. The molecule has 21 heavy (non-hydrogen) atoms. The van der Waals surface area contributed by atoms with E-state index in [1.54, 1.807) is 11.1 Å². The molecule has 2 aromatic carbocycles. The number of nitrogens with one attached hydrogen (secondary N) is 1. The summed E-state index contributed by atoms with van der Waals surface area (Å²) in [5.74, 6) is 0.935. The maximum absolute atomic E-state index is 5.70. The van der Waals surface area contributed by atoms with Gasteiger partial charge in [0, 0.05) is 12.6 Å². The molecule has 0 aromatic heterocycles. The van der Waals surface area contributed by atoms with Crippen LogP contribution in [0.4, 0.5) is 0 Å². The van der Waals surface area contributed by atoms with Crippen LogP contribution in [0.2, 0.25) is 0 Å². The Morgan fingerprint density at radius 3 is 2.71 bits per heavy atom. The molecule has 1 unspecified atom stereocenters. The van der Waals surface area contributed by atoms with Crippen molar-refractivity contribution >= 4 is 0 Å². The van der Waals surface area contributed by atoms with Crippen LogP contribution in [0.1, 0.15) is 36.1 Å². The van der Waals surface area contributed by atoms with Gasteiger partial charge in [0.15, 0.2) is 0 Å². The highest BCUT2D eigenvalue weighted by molar-refractivity contribution is 5.36. The Kier molecular flexibility index (Phi) is 4.56. The summed E-state index contributed by atoms with van der Waals surface area (Å²) in [5.41, 5.74) is 4.47. The fourth-order valence-electron chi connectivity index (χ4n) is 2.94. The first-order valence-electron chi connectivity index (χ1n) is 7.86. The highest BCUT2D eigenvalue weighted by Crippen LogP contribution is 2.25. The predicted molar refractivity (Wildman–Crippen MR) is 86.8 cm³/mol. The van der Waals surface area contributed by atoms with Crippen LogP contribution in [0.15, 0.2) is 48.5 Å². The average molecular weight is 281 g/mol. The van der Waals surface area contributed by atoms with E-state index in [0.717, 1.165) is 12.3 Å². The molecule has 1 N–H and O–H groups in total. The molecule has 2 aromatic rings. The van der Waals surface area contributed by atoms with Gasteiger partial charge in [-0.05, 0) is 55.0 Å². The molecule has 1 aliphatic carbocycles. The Bertz CT molecular complexity index is 579. The summed E-state index contributed by atoms with van der Waals surface area (Å²) in [5, 5.41) is 3.54. The van der Waals surface area contributed by atoms with Crippen LogP contribution < -0.4 is 10.1 Å². The van der Waals surface area contributed by atoms with Gasteiger partial charge in [-0.2, -0.15) is 0 Å². The van der Waals surface area contributed by atoms with Crippen LogP contribution in [0, 0.1) is 0 Å². The topological polar surface area (TPSA) is 21.3 Å². The largest absolute Gasteiger partial charge is 0.492 e. The number of rotatable bonds is 6. The number of ether oxygens (including phenoxy) is 1. The van der Waals surface area contributed by atoms with E-state index >= 15 is 0 Å². The zero-order chi connectivity index (χ0) is 14.5. The standard InChI is InChI=1S/C19H23NO/c1-15(17-11-10-16-6-5-7-18(16)14-17)20-12-13-21-19-8-3-2-4-9-19/h2-4,8-11,14-15,20H,5-7,12-13H2,1H3. The van der Waals surface area contributed by atoms with Crippen LogP contribution in [0.25, 0.3) is 0 Å². The van der Waals surface area contributed by atoms with E-state index in [1.165, 1.54) is 24.8 Å². The molecule has 2 nitrogen and oxygen atoms in total. The summed E-state index contributed by atoms with van der Waals surface area (Å²) in [6.45, 7) is 3.77. The SMILES string of the molecule is CC(NCCOc1ccccc1)c1ccc2c(c1)CCC2. The number of para-hydroxylation sites is 1. The molecule has 0 aliphatic heterocycles. The van der Waals surface area contributed by atoms with E-state index in [9.17, 15) is 0 Å². The van der Waals surface area contributed by atoms with Crippen molar-refractivity contribution in [3.8, 4) is 5.75 Å². The van der Waals surface area contributed by atoms with E-state index in [1.807, 2.05) is 30.3 Å². The van der Waals surface area contributed by atoms with Crippen LogP contribution in [0.3, 0.4) is 0 Å². The fraction of sp³-hybridized carbons (Fsp3) is 0.368. The summed E-state index contributed by atoms with van der Waals surface area (Å²) in [7, 11) is 0. The van der Waals surface area contributed by atoms with Gasteiger partial charge in [-0.3, -0.25) is 0 Å². The molecule has 0 radical (unpaired) electrons. The summed E-state index contributed by atoms with van der Waals surface area (Å²) >= 11 is 0. The monoisotopic (exact) mass is 281 g/mol. The second-order valence-electron chi connectivity index (χ2n) is 5.72. The highest BCUT2D eigenvalue weighted by atomic mass is 16.5. The van der Waals surface area contributed by atoms with E-state index in [-0.39, 0.29) is 0 Å². The van der Waals surface area contributed by atoms with Crippen LogP contribution in [-0.2, 0) is 12.8 Å². The summed E-state index contributed by atoms with van der Waals surface area (Å²) in [4.78, 5) is 0. The van der Waals surface area contributed by atoms with Gasteiger partial charge in [0.1, 0.15) is 12.4 Å². The summed E-state index contributed by atoms with van der Waals surface area (Å²) < 4.78 is 5.70. The molecule has 0 fully saturated rings. The van der Waals surface area contributed by atoms with Crippen molar-refractivity contribution in [1.82, 2.24) is 5.32 Å². The molecule has 110 valence electrons. The van der Waals surface area contributed by atoms with Crippen LogP contribution in [-0.4, -0.2) is 13.2 Å². The van der Waals surface area contributed by atoms with Crippen molar-refractivity contribution in [3.63, 3.8) is 0 Å². The Hall–Kier alpha value is -1.80. The number of hydrogen-bond acceptors (Lipinski definition) is 2. The van der Waals surface area contributed by atoms with Crippen molar-refractivity contribution in [1.29, 1.82) is 0 Å². The highest BCUT2D eigenvalue weighted by Gasteiger charge is 2.13. The first-order chi connectivity index (χ1) is 10.3. The minimum Gasteiger partial charge on any atom is -0.492 e. The molecule has 0 heterocycles. The van der Waals surface area contributed by atoms with Gasteiger partial charge in [-0.1, -0.05) is 36.4 Å². The number of hydrogen-bond donors (Lipinski definition) is 1. The Labute approximate surface area is 127 Å². The molecule has 0 saturated carbocycles. The van der Waals surface area contributed by atoms with Gasteiger partial charge in [0.2, 0.25) is 0 Å². The Balaban J connectivity index is 1.47. The smallest absolute Gasteiger partial charge is 0.119 e. The number of benzene rings is 2. The van der Waals surface area contributed by atoms with Crippen molar-refractivity contribution in [3.05, 3.63) is 65.2 Å². The lowest BCUT2D eigenvalue weighted by Crippen LogP contribution is -2.24. The van der Waals surface area contributed by atoms with Gasteiger partial charge in [-0.15, -0.1) is 0 Å². The molecule has 1 aliphatic rings. The van der Waals surface area contributed by atoms with E-state index in [0.29, 0.717) is 12.6 Å². The maximum atomic E-state index is 5.70. The lowest BCUT2D eigenvalue weighted by atomic mass is 10.0. The second-order valence-corrected chi connectivity index (χ2v) is 5.72. The Morgan fingerprint density at radius 1 is 1.05 bits per heavy atom. The lowest BCUT2D eigenvalue weighted by Gasteiger charge is -2.16. The quantitative estimate of drug-likeness (QED) is 0.811. The zero-order valence-corrected chi connectivity index (χ0v) is 12.6. The van der Waals surface area contributed by atoms with E-state index in [4.69, 9.17) is 4.74 Å². The van der Waals surface area contributed by atoms with Crippen molar-refractivity contribution in [2.45, 2.75) is 32.2 Å². The normalized spacial score (nSPS) is 14.7. The molecule has 3 rings (SSSR count). The summed E-state index contributed by atoms with van der Waals surface area (Å²) in [6.07, 6.45) is 3.81.